The quantitative estimate of drug-likeness (QED) is 0.775. The average molecular weight is 378 g/mol. The third-order valence-electron chi connectivity index (χ3n) is 3.96. The molecular formula is C18H19FN2O4S. The van der Waals surface area contributed by atoms with Crippen molar-refractivity contribution in [2.24, 2.45) is 0 Å². The van der Waals surface area contributed by atoms with Crippen molar-refractivity contribution in [3.63, 3.8) is 0 Å². The Kier molecular flexibility index (Phi) is 5.24. The van der Waals surface area contributed by atoms with Crippen LogP contribution >= 0.6 is 0 Å². The zero-order valence-corrected chi connectivity index (χ0v) is 15.0. The van der Waals surface area contributed by atoms with Crippen LogP contribution in [-0.4, -0.2) is 27.5 Å². The number of amides is 1. The number of sulfonamides is 1. The molecule has 0 unspecified atom stereocenters. The van der Waals surface area contributed by atoms with Gasteiger partial charge in [-0.15, -0.1) is 0 Å². The Morgan fingerprint density at radius 2 is 1.96 bits per heavy atom. The van der Waals surface area contributed by atoms with Crippen molar-refractivity contribution in [1.82, 2.24) is 4.72 Å². The van der Waals surface area contributed by atoms with E-state index in [4.69, 9.17) is 4.74 Å². The van der Waals surface area contributed by atoms with Crippen LogP contribution in [0, 0.1) is 5.82 Å². The van der Waals surface area contributed by atoms with Gasteiger partial charge >= 0.3 is 0 Å². The second-order valence-electron chi connectivity index (χ2n) is 6.07. The molecule has 0 aliphatic heterocycles. The topological polar surface area (TPSA) is 84.5 Å². The van der Waals surface area contributed by atoms with Gasteiger partial charge in [0.2, 0.25) is 15.9 Å². The van der Waals surface area contributed by atoms with Gasteiger partial charge in [0.15, 0.2) is 0 Å². The van der Waals surface area contributed by atoms with Crippen LogP contribution in [0.25, 0.3) is 0 Å². The summed E-state index contributed by atoms with van der Waals surface area (Å²) in [5.74, 6) is -0.630. The molecule has 0 spiro atoms. The number of methoxy groups -OCH3 is 1. The first-order valence-corrected chi connectivity index (χ1v) is 9.61. The lowest BCUT2D eigenvalue weighted by atomic mass is 10.1. The molecule has 0 bridgehead atoms. The summed E-state index contributed by atoms with van der Waals surface area (Å²) in [5, 5.41) is 2.60. The van der Waals surface area contributed by atoms with Crippen LogP contribution in [0.5, 0.6) is 5.75 Å². The van der Waals surface area contributed by atoms with Crippen LogP contribution in [0.15, 0.2) is 47.4 Å². The summed E-state index contributed by atoms with van der Waals surface area (Å²) < 4.78 is 46.1. The molecule has 2 aromatic carbocycles. The van der Waals surface area contributed by atoms with Crippen molar-refractivity contribution in [3.8, 4) is 5.75 Å². The summed E-state index contributed by atoms with van der Waals surface area (Å²) in [5.41, 5.74) is 0.468. The highest BCUT2D eigenvalue weighted by molar-refractivity contribution is 7.89. The number of ether oxygens (including phenoxy) is 1. The third kappa shape index (κ3) is 4.39. The number of rotatable bonds is 7. The van der Waals surface area contributed by atoms with E-state index in [9.17, 15) is 17.6 Å². The second-order valence-corrected chi connectivity index (χ2v) is 7.79. The fourth-order valence-corrected chi connectivity index (χ4v) is 3.78. The second kappa shape index (κ2) is 7.43. The first-order valence-electron chi connectivity index (χ1n) is 8.12. The van der Waals surface area contributed by atoms with Gasteiger partial charge in [0.05, 0.1) is 24.1 Å². The van der Waals surface area contributed by atoms with Crippen molar-refractivity contribution < 1.29 is 22.3 Å². The highest BCUT2D eigenvalue weighted by Gasteiger charge is 2.28. The maximum Gasteiger partial charge on any atom is 0.240 e. The average Bonchev–Trinajstić information content (AvgIpc) is 3.40. The maximum absolute atomic E-state index is 13.7. The fourth-order valence-electron chi connectivity index (χ4n) is 2.45. The van der Waals surface area contributed by atoms with Crippen LogP contribution in [-0.2, 0) is 21.2 Å². The SMILES string of the molecule is COc1ccc(S(=O)(=O)NC2CC2)cc1NC(=O)Cc1ccccc1F. The van der Waals surface area contributed by atoms with E-state index in [-0.39, 0.29) is 28.6 Å². The van der Waals surface area contributed by atoms with Gasteiger partial charge in [-0.3, -0.25) is 4.79 Å². The van der Waals surface area contributed by atoms with Gasteiger partial charge in [-0.05, 0) is 42.7 Å². The van der Waals surface area contributed by atoms with Gasteiger partial charge in [-0.1, -0.05) is 18.2 Å². The lowest BCUT2D eigenvalue weighted by Crippen LogP contribution is -2.26. The smallest absolute Gasteiger partial charge is 0.240 e. The molecular weight excluding hydrogens is 359 g/mol. The number of halogens is 1. The Bertz CT molecular complexity index is 927. The Morgan fingerprint density at radius 1 is 1.23 bits per heavy atom. The highest BCUT2D eigenvalue weighted by atomic mass is 32.2. The van der Waals surface area contributed by atoms with Crippen molar-refractivity contribution in [2.75, 3.05) is 12.4 Å². The minimum Gasteiger partial charge on any atom is -0.495 e. The lowest BCUT2D eigenvalue weighted by molar-refractivity contribution is -0.115. The molecule has 26 heavy (non-hydrogen) atoms. The molecule has 0 atom stereocenters. The minimum absolute atomic E-state index is 0.0267. The predicted octanol–water partition coefficient (Wildman–Crippen LogP) is 2.46. The summed E-state index contributed by atoms with van der Waals surface area (Å²) in [6, 6.07) is 10.2. The summed E-state index contributed by atoms with van der Waals surface area (Å²) in [6.45, 7) is 0. The summed E-state index contributed by atoms with van der Waals surface area (Å²) >= 11 is 0. The van der Waals surface area contributed by atoms with Crippen LogP contribution in [0.4, 0.5) is 10.1 Å². The predicted molar refractivity (Wildman–Crippen MR) is 95.1 cm³/mol. The van der Waals surface area contributed by atoms with Crippen molar-refractivity contribution in [1.29, 1.82) is 0 Å². The number of anilines is 1. The molecule has 2 aromatic rings. The number of nitrogens with one attached hydrogen (secondary N) is 2. The van der Waals surface area contributed by atoms with Crippen molar-refractivity contribution in [2.45, 2.75) is 30.2 Å². The molecule has 0 saturated heterocycles. The summed E-state index contributed by atoms with van der Waals surface area (Å²) in [6.07, 6.45) is 1.47. The molecule has 0 heterocycles. The largest absolute Gasteiger partial charge is 0.495 e. The number of hydrogen-bond acceptors (Lipinski definition) is 4. The van der Waals surface area contributed by atoms with E-state index in [0.717, 1.165) is 12.8 Å². The van der Waals surface area contributed by atoms with E-state index in [1.807, 2.05) is 0 Å². The van der Waals surface area contributed by atoms with Crippen LogP contribution in [0.2, 0.25) is 0 Å². The van der Waals surface area contributed by atoms with Crippen molar-refractivity contribution >= 4 is 21.6 Å². The number of benzene rings is 2. The van der Waals surface area contributed by atoms with E-state index < -0.39 is 21.7 Å². The third-order valence-corrected chi connectivity index (χ3v) is 5.48. The molecule has 0 aromatic heterocycles. The Labute approximate surface area is 151 Å². The van der Waals surface area contributed by atoms with Crippen LogP contribution in [0.3, 0.4) is 0 Å². The minimum atomic E-state index is -3.66. The Morgan fingerprint density at radius 3 is 2.62 bits per heavy atom. The molecule has 1 saturated carbocycles. The van der Waals surface area contributed by atoms with Gasteiger partial charge in [-0.2, -0.15) is 0 Å². The van der Waals surface area contributed by atoms with E-state index in [1.165, 1.54) is 37.4 Å². The van der Waals surface area contributed by atoms with Gasteiger partial charge in [0, 0.05) is 6.04 Å². The number of carbonyl (C=O) groups excluding carboxylic acids is 1. The fraction of sp³-hybridized carbons (Fsp3) is 0.278. The monoisotopic (exact) mass is 378 g/mol. The normalized spacial score (nSPS) is 14.1. The molecule has 1 amide bonds. The number of carbonyl (C=O) groups is 1. The standard InChI is InChI=1S/C18H19FN2O4S/c1-25-17-9-8-14(26(23,24)21-13-6-7-13)11-16(17)20-18(22)10-12-4-2-3-5-15(12)19/h2-5,8-9,11,13,21H,6-7,10H2,1H3,(H,20,22). The van der Waals surface area contributed by atoms with Crippen LogP contribution in [0.1, 0.15) is 18.4 Å². The molecule has 2 N–H and O–H groups in total. The summed E-state index contributed by atoms with van der Waals surface area (Å²) in [4.78, 5) is 12.3. The highest BCUT2D eigenvalue weighted by Crippen LogP contribution is 2.29. The Hall–Kier alpha value is -2.45. The number of hydrogen-bond donors (Lipinski definition) is 2. The van der Waals surface area contributed by atoms with Crippen molar-refractivity contribution in [3.05, 3.63) is 53.8 Å². The van der Waals surface area contributed by atoms with Crippen LogP contribution < -0.4 is 14.8 Å². The Balaban J connectivity index is 1.80. The maximum atomic E-state index is 13.7. The van der Waals surface area contributed by atoms with Gasteiger partial charge < -0.3 is 10.1 Å². The zero-order valence-electron chi connectivity index (χ0n) is 14.2. The van der Waals surface area contributed by atoms with E-state index in [1.54, 1.807) is 12.1 Å². The van der Waals surface area contributed by atoms with E-state index in [0.29, 0.717) is 5.75 Å². The lowest BCUT2D eigenvalue weighted by Gasteiger charge is -2.13. The van der Waals surface area contributed by atoms with E-state index in [2.05, 4.69) is 10.0 Å². The zero-order chi connectivity index (χ0) is 18.7. The molecule has 1 aliphatic carbocycles. The van der Waals surface area contributed by atoms with Gasteiger partial charge in [0.1, 0.15) is 11.6 Å². The molecule has 0 radical (unpaired) electrons. The van der Waals surface area contributed by atoms with Gasteiger partial charge in [0.25, 0.3) is 0 Å². The first kappa shape index (κ1) is 18.3. The molecule has 138 valence electrons. The molecule has 8 heteroatoms. The van der Waals surface area contributed by atoms with Gasteiger partial charge in [-0.25, -0.2) is 17.5 Å². The molecule has 1 aliphatic rings. The molecule has 3 rings (SSSR count). The molecule has 6 nitrogen and oxygen atoms in total. The first-order chi connectivity index (χ1) is 12.4. The molecule has 1 fully saturated rings. The van der Waals surface area contributed by atoms with E-state index >= 15 is 0 Å². The summed E-state index contributed by atoms with van der Waals surface area (Å²) in [7, 11) is -2.25.